The molecule has 2 heterocycles. The van der Waals surface area contributed by atoms with Crippen molar-refractivity contribution in [1.29, 1.82) is 0 Å². The first kappa shape index (κ1) is 11.1. The summed E-state index contributed by atoms with van der Waals surface area (Å²) in [6, 6.07) is 3.77. The van der Waals surface area contributed by atoms with Gasteiger partial charge in [-0.05, 0) is 43.9 Å². The zero-order valence-electron chi connectivity index (χ0n) is 10.3. The summed E-state index contributed by atoms with van der Waals surface area (Å²) in [6.07, 6.45) is 4.53. The first-order chi connectivity index (χ1) is 8.68. The molecule has 0 aliphatic heterocycles. The molecule has 2 aromatic rings. The maximum atomic E-state index is 11.4. The number of rotatable bonds is 3. The van der Waals surface area contributed by atoms with Crippen LogP contribution in [0.4, 0.5) is 0 Å². The third kappa shape index (κ3) is 1.56. The molecule has 0 spiro atoms. The van der Waals surface area contributed by atoms with Crippen LogP contribution in [0.25, 0.3) is 0 Å². The molecule has 0 bridgehead atoms. The number of aromatic nitrogens is 1. The first-order valence-electron chi connectivity index (χ1n) is 6.15. The minimum Gasteiger partial charge on any atom is -0.478 e. The lowest BCUT2D eigenvalue weighted by Crippen LogP contribution is -2.07. The van der Waals surface area contributed by atoms with Crippen molar-refractivity contribution < 1.29 is 14.3 Å². The standard InChI is InChI=1S/C14H15NO3/c1-9-13(14(16)17)11-5-2-6-12(11)15(9)8-10-4-3-7-18-10/h3-4,7H,2,5-6,8H2,1H3,(H,16,17). The minimum absolute atomic E-state index is 0.494. The van der Waals surface area contributed by atoms with Crippen LogP contribution in [0.15, 0.2) is 22.8 Å². The van der Waals surface area contributed by atoms with E-state index in [1.807, 2.05) is 19.1 Å². The van der Waals surface area contributed by atoms with Gasteiger partial charge in [-0.2, -0.15) is 0 Å². The molecule has 4 nitrogen and oxygen atoms in total. The van der Waals surface area contributed by atoms with Gasteiger partial charge in [-0.1, -0.05) is 0 Å². The summed E-state index contributed by atoms with van der Waals surface area (Å²) in [5, 5.41) is 9.33. The Kier molecular flexibility index (Phi) is 2.51. The Hall–Kier alpha value is -1.97. The van der Waals surface area contributed by atoms with Gasteiger partial charge in [0.1, 0.15) is 5.76 Å². The highest BCUT2D eigenvalue weighted by molar-refractivity contribution is 5.91. The van der Waals surface area contributed by atoms with Gasteiger partial charge in [-0.15, -0.1) is 0 Å². The van der Waals surface area contributed by atoms with Gasteiger partial charge >= 0.3 is 5.97 Å². The molecule has 94 valence electrons. The summed E-state index contributed by atoms with van der Waals surface area (Å²) in [4.78, 5) is 11.4. The highest BCUT2D eigenvalue weighted by atomic mass is 16.4. The van der Waals surface area contributed by atoms with Crippen LogP contribution in [-0.4, -0.2) is 15.6 Å². The highest BCUT2D eigenvalue weighted by Crippen LogP contribution is 2.31. The third-order valence-corrected chi connectivity index (χ3v) is 3.69. The molecule has 1 aliphatic carbocycles. The number of carbonyl (C=O) groups is 1. The molecule has 3 rings (SSSR count). The third-order valence-electron chi connectivity index (χ3n) is 3.69. The molecule has 0 amide bonds. The van der Waals surface area contributed by atoms with E-state index in [2.05, 4.69) is 4.57 Å². The number of hydrogen-bond donors (Lipinski definition) is 1. The number of nitrogens with zero attached hydrogens (tertiary/aromatic N) is 1. The van der Waals surface area contributed by atoms with Crippen LogP contribution in [0.5, 0.6) is 0 Å². The topological polar surface area (TPSA) is 55.4 Å². The van der Waals surface area contributed by atoms with Crippen molar-refractivity contribution in [2.75, 3.05) is 0 Å². The van der Waals surface area contributed by atoms with E-state index < -0.39 is 5.97 Å². The minimum atomic E-state index is -0.816. The van der Waals surface area contributed by atoms with E-state index in [9.17, 15) is 9.90 Å². The normalized spacial score (nSPS) is 13.8. The van der Waals surface area contributed by atoms with Gasteiger partial charge in [-0.25, -0.2) is 4.79 Å². The van der Waals surface area contributed by atoms with Crippen LogP contribution in [0.1, 0.15) is 39.5 Å². The van der Waals surface area contributed by atoms with E-state index >= 15 is 0 Å². The molecule has 0 fully saturated rings. The molecule has 0 atom stereocenters. The lowest BCUT2D eigenvalue weighted by molar-refractivity contribution is 0.0695. The van der Waals surface area contributed by atoms with Crippen LogP contribution < -0.4 is 0 Å². The van der Waals surface area contributed by atoms with Crippen LogP contribution in [0, 0.1) is 6.92 Å². The summed E-state index contributed by atoms with van der Waals surface area (Å²) in [5.41, 5.74) is 3.52. The predicted octanol–water partition coefficient (Wildman–Crippen LogP) is 2.62. The molecule has 0 saturated heterocycles. The Labute approximate surface area is 105 Å². The van der Waals surface area contributed by atoms with Crippen LogP contribution in [0.2, 0.25) is 0 Å². The summed E-state index contributed by atoms with van der Waals surface area (Å²) in [6.45, 7) is 2.50. The van der Waals surface area contributed by atoms with Crippen molar-refractivity contribution in [1.82, 2.24) is 4.57 Å². The van der Waals surface area contributed by atoms with Crippen LogP contribution in [0.3, 0.4) is 0 Å². The quantitative estimate of drug-likeness (QED) is 0.904. The number of carboxylic acids is 1. The van der Waals surface area contributed by atoms with E-state index in [1.54, 1.807) is 6.26 Å². The summed E-state index contributed by atoms with van der Waals surface area (Å²) < 4.78 is 7.44. The van der Waals surface area contributed by atoms with Gasteiger partial charge in [0, 0.05) is 11.4 Å². The smallest absolute Gasteiger partial charge is 0.337 e. The number of fused-ring (bicyclic) bond motifs is 1. The molecule has 18 heavy (non-hydrogen) atoms. The molecular weight excluding hydrogens is 230 g/mol. The Morgan fingerprint density at radius 2 is 2.33 bits per heavy atom. The lowest BCUT2D eigenvalue weighted by atomic mass is 10.1. The van der Waals surface area contributed by atoms with E-state index in [1.165, 1.54) is 5.69 Å². The average Bonchev–Trinajstić information content (AvgIpc) is 2.98. The SMILES string of the molecule is Cc1c(C(=O)O)c2c(n1Cc1ccco1)CCC2. The Morgan fingerprint density at radius 3 is 3.00 bits per heavy atom. The molecular formula is C14H15NO3. The number of carboxylic acid groups (broad SMARTS) is 1. The summed E-state index contributed by atoms with van der Waals surface area (Å²) in [7, 11) is 0. The van der Waals surface area contributed by atoms with Crippen LogP contribution >= 0.6 is 0 Å². The highest BCUT2D eigenvalue weighted by Gasteiger charge is 2.27. The molecule has 0 unspecified atom stereocenters. The largest absolute Gasteiger partial charge is 0.478 e. The fraction of sp³-hybridized carbons (Fsp3) is 0.357. The Bertz CT molecular complexity index is 593. The molecule has 1 N–H and O–H groups in total. The molecule has 2 aromatic heterocycles. The maximum absolute atomic E-state index is 11.4. The molecule has 4 heteroatoms. The lowest BCUT2D eigenvalue weighted by Gasteiger charge is -2.08. The molecule has 0 saturated carbocycles. The van der Waals surface area contributed by atoms with Gasteiger partial charge in [-0.3, -0.25) is 0 Å². The van der Waals surface area contributed by atoms with E-state index in [4.69, 9.17) is 4.42 Å². The predicted molar refractivity (Wildman–Crippen MR) is 66.0 cm³/mol. The summed E-state index contributed by atoms with van der Waals surface area (Å²) >= 11 is 0. The van der Waals surface area contributed by atoms with Crippen molar-refractivity contribution in [2.45, 2.75) is 32.7 Å². The molecule has 0 aromatic carbocycles. The molecule has 1 aliphatic rings. The van der Waals surface area contributed by atoms with Crippen molar-refractivity contribution in [3.8, 4) is 0 Å². The van der Waals surface area contributed by atoms with E-state index in [-0.39, 0.29) is 0 Å². The Morgan fingerprint density at radius 1 is 1.50 bits per heavy atom. The van der Waals surface area contributed by atoms with Crippen molar-refractivity contribution in [3.63, 3.8) is 0 Å². The van der Waals surface area contributed by atoms with Gasteiger partial charge in [0.05, 0.1) is 18.4 Å². The summed E-state index contributed by atoms with van der Waals surface area (Å²) in [5.74, 6) is 0.0450. The van der Waals surface area contributed by atoms with Gasteiger partial charge in [0.15, 0.2) is 0 Å². The second-order valence-corrected chi connectivity index (χ2v) is 4.71. The second-order valence-electron chi connectivity index (χ2n) is 4.71. The average molecular weight is 245 g/mol. The number of hydrogen-bond acceptors (Lipinski definition) is 2. The monoisotopic (exact) mass is 245 g/mol. The molecule has 0 radical (unpaired) electrons. The van der Waals surface area contributed by atoms with Gasteiger partial charge < -0.3 is 14.1 Å². The number of furan rings is 1. The zero-order chi connectivity index (χ0) is 12.7. The number of aromatic carboxylic acids is 1. The van der Waals surface area contributed by atoms with Crippen molar-refractivity contribution in [2.24, 2.45) is 0 Å². The van der Waals surface area contributed by atoms with Crippen LogP contribution in [-0.2, 0) is 19.4 Å². The van der Waals surface area contributed by atoms with Gasteiger partial charge in [0.25, 0.3) is 0 Å². The fourth-order valence-corrected chi connectivity index (χ4v) is 2.91. The maximum Gasteiger partial charge on any atom is 0.337 e. The van der Waals surface area contributed by atoms with E-state index in [0.29, 0.717) is 12.1 Å². The van der Waals surface area contributed by atoms with Crippen molar-refractivity contribution in [3.05, 3.63) is 46.7 Å². The second kappa shape index (κ2) is 4.05. The van der Waals surface area contributed by atoms with Crippen molar-refractivity contribution >= 4 is 5.97 Å². The van der Waals surface area contributed by atoms with Gasteiger partial charge in [0.2, 0.25) is 0 Å². The fourth-order valence-electron chi connectivity index (χ4n) is 2.91. The Balaban J connectivity index is 2.09. The van der Waals surface area contributed by atoms with E-state index in [0.717, 1.165) is 36.3 Å². The first-order valence-corrected chi connectivity index (χ1v) is 6.15. The zero-order valence-corrected chi connectivity index (χ0v) is 10.3.